The largest absolute Gasteiger partial charge is 0.456 e. The van der Waals surface area contributed by atoms with Crippen molar-refractivity contribution in [2.75, 3.05) is 0 Å². The van der Waals surface area contributed by atoms with Crippen LogP contribution in [0.4, 0.5) is 0 Å². The van der Waals surface area contributed by atoms with Gasteiger partial charge in [-0.2, -0.15) is 0 Å². The SMILES string of the molecule is CC(c1ccc2c(c1)C(c1ccccc1)(c1ccccc1)c1cc(CCC(c3ccccc3)c3ccccc3)c3ccccc3c1-2)C(Cc1ccc2ccccc2c1)c1cccc2oc3ccccc3c12. The van der Waals surface area contributed by atoms with Gasteiger partial charge in [0.25, 0.3) is 0 Å². The fourth-order valence-corrected chi connectivity index (χ4v) is 12.6. The van der Waals surface area contributed by atoms with Crippen LogP contribution in [0.25, 0.3) is 54.6 Å². The molecule has 0 fully saturated rings. The lowest BCUT2D eigenvalue weighted by Crippen LogP contribution is -2.29. The summed E-state index contributed by atoms with van der Waals surface area (Å²) in [5.41, 5.74) is 17.3. The Morgan fingerprint density at radius 3 is 1.73 bits per heavy atom. The van der Waals surface area contributed by atoms with Gasteiger partial charge in [0.05, 0.1) is 5.41 Å². The average molecular weight is 911 g/mol. The van der Waals surface area contributed by atoms with Crippen LogP contribution < -0.4 is 0 Å². The van der Waals surface area contributed by atoms with Crippen molar-refractivity contribution in [1.82, 2.24) is 0 Å². The molecule has 2 unspecified atom stereocenters. The molecule has 0 saturated heterocycles. The molecule has 0 amide bonds. The Morgan fingerprint density at radius 2 is 1.03 bits per heavy atom. The highest BCUT2D eigenvalue weighted by Crippen LogP contribution is 2.59. The van der Waals surface area contributed by atoms with Crippen LogP contribution in [-0.2, 0) is 18.3 Å². The van der Waals surface area contributed by atoms with Crippen molar-refractivity contribution in [3.05, 3.63) is 310 Å². The molecule has 0 saturated carbocycles. The van der Waals surface area contributed by atoms with E-state index in [2.05, 4.69) is 262 Å². The molecular formula is C70H54O. The molecule has 1 nitrogen and oxygen atoms in total. The summed E-state index contributed by atoms with van der Waals surface area (Å²) in [6.45, 7) is 2.47. The van der Waals surface area contributed by atoms with Crippen LogP contribution >= 0.6 is 0 Å². The summed E-state index contributed by atoms with van der Waals surface area (Å²) in [6, 6.07) is 95.3. The van der Waals surface area contributed by atoms with Crippen molar-refractivity contribution in [2.45, 2.75) is 49.4 Å². The number of benzene rings is 11. The van der Waals surface area contributed by atoms with Gasteiger partial charge in [0, 0.05) is 16.7 Å². The van der Waals surface area contributed by atoms with Gasteiger partial charge in [-0.25, -0.2) is 0 Å². The van der Waals surface area contributed by atoms with Crippen LogP contribution in [0.3, 0.4) is 0 Å². The highest BCUT2D eigenvalue weighted by atomic mass is 16.3. The Kier molecular flexibility index (Phi) is 10.8. The van der Waals surface area contributed by atoms with Crippen LogP contribution in [-0.4, -0.2) is 0 Å². The van der Waals surface area contributed by atoms with Crippen molar-refractivity contribution in [3.8, 4) is 11.1 Å². The molecule has 1 aromatic heterocycles. The van der Waals surface area contributed by atoms with Crippen molar-refractivity contribution >= 4 is 43.5 Å². The standard InChI is InChI=1S/C70H54O/c1-47(63(44-48-37-38-49-21-14-15-26-53(49)43-48)60-34-20-36-67-69(60)62-33-18-19-35-66(62)71-67)52-39-42-61-64(45-52)70(55-27-10-4-11-28-55,56-29-12-5-13-30-56)65-46-54(58-31-16-17-32-59(58)68(61)65)40-41-57(50-22-6-2-7-23-50)51-24-8-3-9-25-51/h2-39,42-43,45-47,57,63H,40-41,44H2,1H3. The number of hydrogen-bond donors (Lipinski definition) is 0. The molecule has 0 aliphatic heterocycles. The van der Waals surface area contributed by atoms with Crippen LogP contribution in [0.15, 0.2) is 259 Å². The summed E-state index contributed by atoms with van der Waals surface area (Å²) in [5.74, 6) is 0.548. The van der Waals surface area contributed by atoms with Gasteiger partial charge in [0.15, 0.2) is 0 Å². The first-order chi connectivity index (χ1) is 35.1. The Morgan fingerprint density at radius 1 is 0.437 bits per heavy atom. The lowest BCUT2D eigenvalue weighted by Gasteiger charge is -2.35. The third-order valence-corrected chi connectivity index (χ3v) is 16.0. The zero-order valence-electron chi connectivity index (χ0n) is 40.0. The maximum absolute atomic E-state index is 6.58. The van der Waals surface area contributed by atoms with Crippen LogP contribution in [0.2, 0.25) is 0 Å². The molecule has 71 heavy (non-hydrogen) atoms. The topological polar surface area (TPSA) is 13.1 Å². The molecule has 0 radical (unpaired) electrons. The Labute approximate surface area is 416 Å². The Hall–Kier alpha value is -8.26. The molecule has 1 aliphatic rings. The van der Waals surface area contributed by atoms with Crippen LogP contribution in [0, 0.1) is 0 Å². The first-order valence-electron chi connectivity index (χ1n) is 25.4. The molecule has 1 aliphatic carbocycles. The van der Waals surface area contributed by atoms with E-state index < -0.39 is 5.41 Å². The predicted molar refractivity (Wildman–Crippen MR) is 297 cm³/mol. The Balaban J connectivity index is 1.01. The molecule has 0 bridgehead atoms. The number of aryl methyl sites for hydroxylation is 1. The zero-order valence-corrected chi connectivity index (χ0v) is 40.0. The second kappa shape index (κ2) is 17.9. The molecular weight excluding hydrogens is 857 g/mol. The van der Waals surface area contributed by atoms with Gasteiger partial charge in [0.1, 0.15) is 11.2 Å². The fraction of sp³-hybridized carbons (Fsp3) is 0.114. The normalized spacial score (nSPS) is 13.7. The minimum atomic E-state index is -0.575. The Bertz CT molecular complexity index is 3790. The summed E-state index contributed by atoms with van der Waals surface area (Å²) in [4.78, 5) is 0. The third-order valence-electron chi connectivity index (χ3n) is 16.0. The zero-order chi connectivity index (χ0) is 47.3. The maximum atomic E-state index is 6.58. The molecule has 11 aromatic carbocycles. The van der Waals surface area contributed by atoms with Gasteiger partial charge in [0.2, 0.25) is 0 Å². The van der Waals surface area contributed by atoms with Crippen LogP contribution in [0.5, 0.6) is 0 Å². The van der Waals surface area contributed by atoms with Crippen molar-refractivity contribution in [1.29, 1.82) is 0 Å². The number of para-hydroxylation sites is 1. The second-order valence-electron chi connectivity index (χ2n) is 19.8. The molecule has 0 spiro atoms. The quantitative estimate of drug-likeness (QED) is 0.119. The highest BCUT2D eigenvalue weighted by molar-refractivity contribution is 6.07. The van der Waals surface area contributed by atoms with Gasteiger partial charge in [-0.1, -0.05) is 250 Å². The molecule has 13 rings (SSSR count). The van der Waals surface area contributed by atoms with E-state index in [4.69, 9.17) is 4.42 Å². The first-order valence-corrected chi connectivity index (χ1v) is 25.4. The number of furan rings is 1. The number of fused-ring (bicyclic) bond motifs is 9. The van der Waals surface area contributed by atoms with Gasteiger partial charge >= 0.3 is 0 Å². The first kappa shape index (κ1) is 42.8. The predicted octanol–water partition coefficient (Wildman–Crippen LogP) is 18.2. The summed E-state index contributed by atoms with van der Waals surface area (Å²) < 4.78 is 6.58. The lowest BCUT2D eigenvalue weighted by atomic mass is 9.66. The fourth-order valence-electron chi connectivity index (χ4n) is 12.6. The van der Waals surface area contributed by atoms with E-state index in [1.165, 1.54) is 99.1 Å². The van der Waals surface area contributed by atoms with Crippen molar-refractivity contribution in [2.24, 2.45) is 0 Å². The van der Waals surface area contributed by atoms with E-state index in [1.807, 2.05) is 0 Å². The van der Waals surface area contributed by atoms with E-state index in [-0.39, 0.29) is 17.8 Å². The van der Waals surface area contributed by atoms with Gasteiger partial charge in [-0.05, 0) is 132 Å². The van der Waals surface area contributed by atoms with Crippen molar-refractivity contribution < 1.29 is 4.42 Å². The summed E-state index contributed by atoms with van der Waals surface area (Å²) in [6.07, 6.45) is 2.81. The third kappa shape index (κ3) is 7.30. The smallest absolute Gasteiger partial charge is 0.135 e. The average Bonchev–Trinajstić information content (AvgIpc) is 3.97. The van der Waals surface area contributed by atoms with E-state index in [0.717, 1.165) is 30.4 Å². The molecule has 1 heteroatoms. The monoisotopic (exact) mass is 910 g/mol. The van der Waals surface area contributed by atoms with E-state index >= 15 is 0 Å². The minimum absolute atomic E-state index is 0.138. The summed E-state index contributed by atoms with van der Waals surface area (Å²) >= 11 is 0. The number of hydrogen-bond acceptors (Lipinski definition) is 1. The van der Waals surface area contributed by atoms with E-state index in [1.54, 1.807) is 0 Å². The highest BCUT2D eigenvalue weighted by Gasteiger charge is 2.47. The van der Waals surface area contributed by atoms with Gasteiger partial charge < -0.3 is 4.42 Å². The number of rotatable bonds is 12. The van der Waals surface area contributed by atoms with Crippen molar-refractivity contribution in [3.63, 3.8) is 0 Å². The maximum Gasteiger partial charge on any atom is 0.135 e. The summed E-state index contributed by atoms with van der Waals surface area (Å²) in [7, 11) is 0. The lowest BCUT2D eigenvalue weighted by molar-refractivity contribution is 0.574. The summed E-state index contributed by atoms with van der Waals surface area (Å²) in [5, 5.41) is 7.59. The van der Waals surface area contributed by atoms with E-state index in [9.17, 15) is 0 Å². The molecule has 0 N–H and O–H groups in total. The molecule has 1 heterocycles. The minimum Gasteiger partial charge on any atom is -0.456 e. The van der Waals surface area contributed by atoms with Crippen LogP contribution in [0.1, 0.15) is 86.7 Å². The van der Waals surface area contributed by atoms with Gasteiger partial charge in [-0.3, -0.25) is 0 Å². The van der Waals surface area contributed by atoms with E-state index in [0.29, 0.717) is 0 Å². The van der Waals surface area contributed by atoms with Gasteiger partial charge in [-0.15, -0.1) is 0 Å². The molecule has 340 valence electrons. The molecule has 12 aromatic rings. The second-order valence-corrected chi connectivity index (χ2v) is 19.8. The molecule has 2 atom stereocenters.